The topological polar surface area (TPSA) is 17.1 Å². The number of carbonyl (C=O) groups excluding carboxylic acids is 1. The molecule has 1 nitrogen and oxygen atoms in total. The van der Waals surface area contributed by atoms with Crippen molar-refractivity contribution in [2.45, 2.75) is 26.7 Å². The van der Waals surface area contributed by atoms with Crippen LogP contribution in [0.2, 0.25) is 0 Å². The van der Waals surface area contributed by atoms with E-state index in [-0.39, 0.29) is 5.78 Å². The van der Waals surface area contributed by atoms with Gasteiger partial charge in [0.15, 0.2) is 5.78 Å². The Bertz CT molecular complexity index is 541. The van der Waals surface area contributed by atoms with Gasteiger partial charge in [-0.2, -0.15) is 0 Å². The lowest BCUT2D eigenvalue weighted by Gasteiger charge is -2.10. The molecule has 18 heavy (non-hydrogen) atoms. The molecule has 2 aromatic carbocycles. The third-order valence-corrected chi connectivity index (χ3v) is 3.32. The second-order valence-electron chi connectivity index (χ2n) is 4.53. The molecule has 2 rings (SSSR count). The summed E-state index contributed by atoms with van der Waals surface area (Å²) in [5.74, 6) is 0.194. The summed E-state index contributed by atoms with van der Waals surface area (Å²) in [7, 11) is 0. The molecule has 1 heteroatoms. The minimum Gasteiger partial charge on any atom is -0.294 e. The number of aryl methyl sites for hydroxylation is 2. The van der Waals surface area contributed by atoms with Gasteiger partial charge in [0.25, 0.3) is 0 Å². The Morgan fingerprint density at radius 3 is 2.39 bits per heavy atom. The molecule has 0 amide bonds. The van der Waals surface area contributed by atoms with Crippen molar-refractivity contribution in [3.8, 4) is 0 Å². The zero-order chi connectivity index (χ0) is 13.0. The van der Waals surface area contributed by atoms with E-state index in [0.29, 0.717) is 6.42 Å². The van der Waals surface area contributed by atoms with Crippen LogP contribution in [0.4, 0.5) is 0 Å². The third kappa shape index (κ3) is 2.67. The molecule has 0 saturated heterocycles. The number of carbonyl (C=O) groups is 1. The first-order valence-electron chi connectivity index (χ1n) is 6.38. The molecule has 0 aromatic heterocycles. The van der Waals surface area contributed by atoms with Crippen LogP contribution in [0.3, 0.4) is 0 Å². The van der Waals surface area contributed by atoms with E-state index >= 15 is 0 Å². The van der Waals surface area contributed by atoms with E-state index in [0.717, 1.165) is 12.0 Å². The van der Waals surface area contributed by atoms with Crippen molar-refractivity contribution in [3.63, 3.8) is 0 Å². The van der Waals surface area contributed by atoms with Crippen LogP contribution in [0.5, 0.6) is 0 Å². The van der Waals surface area contributed by atoms with E-state index in [9.17, 15) is 4.79 Å². The molecule has 0 saturated carbocycles. The molecule has 0 aliphatic heterocycles. The average Bonchev–Trinajstić information content (AvgIpc) is 2.42. The molecule has 0 unspecified atom stereocenters. The van der Waals surface area contributed by atoms with E-state index in [1.165, 1.54) is 16.7 Å². The summed E-state index contributed by atoms with van der Waals surface area (Å²) in [5, 5.41) is 0. The second kappa shape index (κ2) is 5.63. The van der Waals surface area contributed by atoms with Gasteiger partial charge in [-0.3, -0.25) is 4.79 Å². The Labute approximate surface area is 108 Å². The summed E-state index contributed by atoms with van der Waals surface area (Å²) in [6.07, 6.45) is 1.47. The number of Topliss-reactive ketones (excluding diaryl/α,β-unsaturated/α-hetero) is 1. The summed E-state index contributed by atoms with van der Waals surface area (Å²) in [4.78, 5) is 12.2. The summed E-state index contributed by atoms with van der Waals surface area (Å²) in [5.41, 5.74) is 4.47. The fourth-order valence-corrected chi connectivity index (χ4v) is 2.23. The van der Waals surface area contributed by atoms with Crippen molar-refractivity contribution in [2.75, 3.05) is 0 Å². The zero-order valence-corrected chi connectivity index (χ0v) is 10.9. The van der Waals surface area contributed by atoms with Gasteiger partial charge < -0.3 is 0 Å². The maximum atomic E-state index is 12.2. The predicted molar refractivity (Wildman–Crippen MR) is 75.0 cm³/mol. The maximum absolute atomic E-state index is 12.2. The molecule has 0 atom stereocenters. The average molecular weight is 238 g/mol. The van der Waals surface area contributed by atoms with E-state index in [1.807, 2.05) is 30.3 Å². The Kier molecular flexibility index (Phi) is 3.93. The molecule has 0 aliphatic rings. The summed E-state index contributed by atoms with van der Waals surface area (Å²) in [6, 6.07) is 15.8. The van der Waals surface area contributed by atoms with Gasteiger partial charge in [0.2, 0.25) is 0 Å². The first-order chi connectivity index (χ1) is 8.72. The molecular weight excluding hydrogens is 220 g/mol. The molecule has 0 spiro atoms. The molecule has 0 bridgehead atoms. The number of ketones is 1. The molecule has 0 heterocycles. The van der Waals surface area contributed by atoms with Crippen LogP contribution in [-0.4, -0.2) is 5.78 Å². The maximum Gasteiger partial charge on any atom is 0.167 e. The van der Waals surface area contributed by atoms with Gasteiger partial charge >= 0.3 is 0 Å². The Hall–Kier alpha value is -1.89. The van der Waals surface area contributed by atoms with Gasteiger partial charge in [-0.25, -0.2) is 0 Å². The van der Waals surface area contributed by atoms with Gasteiger partial charge in [0.1, 0.15) is 0 Å². The van der Waals surface area contributed by atoms with Crippen molar-refractivity contribution in [2.24, 2.45) is 0 Å². The van der Waals surface area contributed by atoms with Crippen LogP contribution < -0.4 is 0 Å². The molecule has 0 fully saturated rings. The van der Waals surface area contributed by atoms with Crippen molar-refractivity contribution in [1.29, 1.82) is 0 Å². The van der Waals surface area contributed by atoms with E-state index < -0.39 is 0 Å². The number of benzene rings is 2. The van der Waals surface area contributed by atoms with Crippen molar-refractivity contribution < 1.29 is 4.79 Å². The third-order valence-electron chi connectivity index (χ3n) is 3.32. The SMILES string of the molecule is CCc1cccc(C)c1CC(=O)c1ccccc1. The van der Waals surface area contributed by atoms with Crippen molar-refractivity contribution in [3.05, 3.63) is 70.8 Å². The monoisotopic (exact) mass is 238 g/mol. The van der Waals surface area contributed by atoms with Crippen LogP contribution in [0.1, 0.15) is 34.0 Å². The van der Waals surface area contributed by atoms with Crippen molar-refractivity contribution >= 4 is 5.78 Å². The quantitative estimate of drug-likeness (QED) is 0.736. The van der Waals surface area contributed by atoms with Gasteiger partial charge in [0, 0.05) is 12.0 Å². The van der Waals surface area contributed by atoms with Crippen LogP contribution in [0, 0.1) is 6.92 Å². The second-order valence-corrected chi connectivity index (χ2v) is 4.53. The van der Waals surface area contributed by atoms with E-state index in [4.69, 9.17) is 0 Å². The number of hydrogen-bond acceptors (Lipinski definition) is 1. The smallest absolute Gasteiger partial charge is 0.167 e. The summed E-state index contributed by atoms with van der Waals surface area (Å²) in [6.45, 7) is 4.21. The molecule has 0 radical (unpaired) electrons. The highest BCUT2D eigenvalue weighted by atomic mass is 16.1. The lowest BCUT2D eigenvalue weighted by Crippen LogP contribution is -2.07. The zero-order valence-electron chi connectivity index (χ0n) is 10.9. The Balaban J connectivity index is 2.27. The van der Waals surface area contributed by atoms with Gasteiger partial charge in [-0.1, -0.05) is 55.5 Å². The first kappa shape index (κ1) is 12.6. The lowest BCUT2D eigenvalue weighted by atomic mass is 9.94. The molecule has 0 aliphatic carbocycles. The Morgan fingerprint density at radius 2 is 1.72 bits per heavy atom. The van der Waals surface area contributed by atoms with Crippen LogP contribution in [0.25, 0.3) is 0 Å². The van der Waals surface area contributed by atoms with E-state index in [1.54, 1.807) is 0 Å². The first-order valence-corrected chi connectivity index (χ1v) is 6.38. The summed E-state index contributed by atoms with van der Waals surface area (Å²) < 4.78 is 0. The largest absolute Gasteiger partial charge is 0.294 e. The van der Waals surface area contributed by atoms with E-state index in [2.05, 4.69) is 32.0 Å². The highest BCUT2D eigenvalue weighted by molar-refractivity contribution is 5.97. The standard InChI is InChI=1S/C17H18O/c1-3-14-11-7-8-13(2)16(14)12-17(18)15-9-5-4-6-10-15/h4-11H,3,12H2,1-2H3. The predicted octanol–water partition coefficient (Wildman–Crippen LogP) is 3.98. The number of hydrogen-bond donors (Lipinski definition) is 0. The number of rotatable bonds is 4. The molecular formula is C17H18O. The van der Waals surface area contributed by atoms with Gasteiger partial charge in [0.05, 0.1) is 0 Å². The normalized spacial score (nSPS) is 10.3. The Morgan fingerprint density at radius 1 is 1.00 bits per heavy atom. The molecule has 0 N–H and O–H groups in total. The fourth-order valence-electron chi connectivity index (χ4n) is 2.23. The highest BCUT2D eigenvalue weighted by Crippen LogP contribution is 2.17. The minimum absolute atomic E-state index is 0.194. The van der Waals surface area contributed by atoms with Crippen LogP contribution in [0.15, 0.2) is 48.5 Å². The van der Waals surface area contributed by atoms with Gasteiger partial charge in [-0.15, -0.1) is 0 Å². The minimum atomic E-state index is 0.194. The van der Waals surface area contributed by atoms with Crippen molar-refractivity contribution in [1.82, 2.24) is 0 Å². The molecule has 92 valence electrons. The highest BCUT2D eigenvalue weighted by Gasteiger charge is 2.11. The van der Waals surface area contributed by atoms with Gasteiger partial charge in [-0.05, 0) is 30.0 Å². The fraction of sp³-hybridized carbons (Fsp3) is 0.235. The molecule has 2 aromatic rings. The van der Waals surface area contributed by atoms with Crippen LogP contribution >= 0.6 is 0 Å². The van der Waals surface area contributed by atoms with Crippen LogP contribution in [-0.2, 0) is 12.8 Å². The summed E-state index contributed by atoms with van der Waals surface area (Å²) >= 11 is 0. The lowest BCUT2D eigenvalue weighted by molar-refractivity contribution is 0.0992.